The molecule has 1 amide bonds. The van der Waals surface area contributed by atoms with E-state index < -0.39 is 0 Å². The fourth-order valence-corrected chi connectivity index (χ4v) is 3.40. The van der Waals surface area contributed by atoms with Gasteiger partial charge in [0.2, 0.25) is 5.91 Å². The zero-order valence-electron chi connectivity index (χ0n) is 18.4. The molecular weight excluding hydrogens is 370 g/mol. The first-order chi connectivity index (χ1) is 14.1. The van der Waals surface area contributed by atoms with Gasteiger partial charge in [-0.15, -0.1) is 0 Å². The van der Waals surface area contributed by atoms with E-state index in [4.69, 9.17) is 0 Å². The summed E-state index contributed by atoms with van der Waals surface area (Å²) in [6, 6.07) is 21.0. The van der Waals surface area contributed by atoms with Crippen molar-refractivity contribution in [3.63, 3.8) is 0 Å². The molecule has 3 nitrogen and oxygen atoms in total. The summed E-state index contributed by atoms with van der Waals surface area (Å²) < 4.78 is 0. The van der Waals surface area contributed by atoms with Crippen molar-refractivity contribution in [3.05, 3.63) is 100 Å². The lowest BCUT2D eigenvalue weighted by molar-refractivity contribution is -0.115. The van der Waals surface area contributed by atoms with Gasteiger partial charge in [0.25, 0.3) is 0 Å². The van der Waals surface area contributed by atoms with Crippen molar-refractivity contribution < 1.29 is 9.59 Å². The molecule has 3 aromatic rings. The van der Waals surface area contributed by atoms with E-state index in [-0.39, 0.29) is 17.1 Å². The van der Waals surface area contributed by atoms with Crippen LogP contribution in [0.15, 0.2) is 66.7 Å². The molecule has 0 aliphatic carbocycles. The number of rotatable bonds is 5. The van der Waals surface area contributed by atoms with Gasteiger partial charge in [-0.2, -0.15) is 0 Å². The molecule has 0 atom stereocenters. The fourth-order valence-electron chi connectivity index (χ4n) is 3.40. The molecule has 0 aromatic heterocycles. The molecule has 154 valence electrons. The van der Waals surface area contributed by atoms with E-state index in [1.54, 1.807) is 24.3 Å². The summed E-state index contributed by atoms with van der Waals surface area (Å²) in [5, 5.41) is 2.92. The fraction of sp³-hybridized carbons (Fsp3) is 0.259. The molecule has 1 N–H and O–H groups in total. The summed E-state index contributed by atoms with van der Waals surface area (Å²) in [5.41, 5.74) is 6.30. The topological polar surface area (TPSA) is 46.2 Å². The van der Waals surface area contributed by atoms with Gasteiger partial charge in [-0.25, -0.2) is 0 Å². The van der Waals surface area contributed by atoms with E-state index in [0.29, 0.717) is 23.2 Å². The standard InChI is InChI=1S/C27H29NO2/c1-18-9-10-19(2)22(15-18)17-25(29)28-24-8-6-7-21(16-24)26(30)20-11-13-23(14-12-20)27(3,4)5/h6-16H,17H2,1-5H3,(H,28,29). The van der Waals surface area contributed by atoms with Crippen LogP contribution in [0.2, 0.25) is 0 Å². The second-order valence-corrected chi connectivity index (χ2v) is 8.89. The molecule has 0 unspecified atom stereocenters. The minimum absolute atomic E-state index is 0.0431. The van der Waals surface area contributed by atoms with E-state index >= 15 is 0 Å². The molecule has 0 saturated heterocycles. The molecule has 0 saturated carbocycles. The van der Waals surface area contributed by atoms with Crippen LogP contribution in [0.25, 0.3) is 0 Å². The first-order valence-electron chi connectivity index (χ1n) is 10.2. The number of hydrogen-bond donors (Lipinski definition) is 1. The summed E-state index contributed by atoms with van der Waals surface area (Å²) in [7, 11) is 0. The zero-order chi connectivity index (χ0) is 21.9. The molecular formula is C27H29NO2. The van der Waals surface area contributed by atoms with Crippen molar-refractivity contribution in [2.24, 2.45) is 0 Å². The number of amides is 1. The third kappa shape index (κ3) is 5.24. The monoisotopic (exact) mass is 399 g/mol. The van der Waals surface area contributed by atoms with Gasteiger partial charge in [-0.05, 0) is 48.1 Å². The number of carbonyl (C=O) groups is 2. The number of aryl methyl sites for hydroxylation is 2. The van der Waals surface area contributed by atoms with Crippen molar-refractivity contribution in [2.45, 2.75) is 46.5 Å². The summed E-state index contributed by atoms with van der Waals surface area (Å²) in [5.74, 6) is -0.149. The van der Waals surface area contributed by atoms with Crippen molar-refractivity contribution >= 4 is 17.4 Å². The summed E-state index contributed by atoms with van der Waals surface area (Å²) in [6.45, 7) is 10.5. The molecule has 0 aliphatic rings. The smallest absolute Gasteiger partial charge is 0.228 e. The van der Waals surface area contributed by atoms with Crippen LogP contribution in [0.4, 0.5) is 5.69 Å². The van der Waals surface area contributed by atoms with Crippen LogP contribution >= 0.6 is 0 Å². The molecule has 0 fully saturated rings. The second kappa shape index (κ2) is 8.66. The van der Waals surface area contributed by atoms with Crippen LogP contribution in [0.1, 0.15) is 58.9 Å². The van der Waals surface area contributed by atoms with E-state index in [1.807, 2.05) is 56.3 Å². The van der Waals surface area contributed by atoms with Crippen LogP contribution in [-0.4, -0.2) is 11.7 Å². The first-order valence-corrected chi connectivity index (χ1v) is 10.2. The quantitative estimate of drug-likeness (QED) is 0.534. The average molecular weight is 400 g/mol. The highest BCUT2D eigenvalue weighted by Gasteiger charge is 2.15. The third-order valence-electron chi connectivity index (χ3n) is 5.28. The number of ketones is 1. The van der Waals surface area contributed by atoms with Gasteiger partial charge in [0, 0.05) is 16.8 Å². The molecule has 0 radical (unpaired) electrons. The van der Waals surface area contributed by atoms with Crippen LogP contribution in [0.5, 0.6) is 0 Å². The number of nitrogens with one attached hydrogen (secondary N) is 1. The lowest BCUT2D eigenvalue weighted by atomic mass is 9.86. The van der Waals surface area contributed by atoms with Crippen LogP contribution in [0.3, 0.4) is 0 Å². The summed E-state index contributed by atoms with van der Waals surface area (Å²) in [4.78, 5) is 25.4. The Bertz CT molecular complexity index is 1070. The Morgan fingerprint density at radius 1 is 0.833 bits per heavy atom. The van der Waals surface area contributed by atoms with Crippen molar-refractivity contribution in [1.29, 1.82) is 0 Å². The highest BCUT2D eigenvalue weighted by Crippen LogP contribution is 2.23. The zero-order valence-corrected chi connectivity index (χ0v) is 18.4. The van der Waals surface area contributed by atoms with Crippen LogP contribution in [0, 0.1) is 13.8 Å². The highest BCUT2D eigenvalue weighted by molar-refractivity contribution is 6.09. The van der Waals surface area contributed by atoms with Gasteiger partial charge in [-0.1, -0.05) is 80.9 Å². The maximum atomic E-state index is 12.9. The second-order valence-electron chi connectivity index (χ2n) is 8.89. The van der Waals surface area contributed by atoms with Gasteiger partial charge < -0.3 is 5.32 Å². The summed E-state index contributed by atoms with van der Waals surface area (Å²) >= 11 is 0. The Morgan fingerprint density at radius 2 is 1.53 bits per heavy atom. The van der Waals surface area contributed by atoms with Gasteiger partial charge in [0.05, 0.1) is 6.42 Å². The van der Waals surface area contributed by atoms with Crippen molar-refractivity contribution in [1.82, 2.24) is 0 Å². The molecule has 3 heteroatoms. The maximum absolute atomic E-state index is 12.9. The van der Waals surface area contributed by atoms with Gasteiger partial charge in [0.15, 0.2) is 5.78 Å². The molecule has 0 aliphatic heterocycles. The van der Waals surface area contributed by atoms with E-state index in [9.17, 15) is 9.59 Å². The number of anilines is 1. The Morgan fingerprint density at radius 3 is 2.20 bits per heavy atom. The van der Waals surface area contributed by atoms with E-state index in [1.165, 1.54) is 5.56 Å². The lowest BCUT2D eigenvalue weighted by Crippen LogP contribution is -2.15. The van der Waals surface area contributed by atoms with Crippen LogP contribution in [-0.2, 0) is 16.6 Å². The Balaban J connectivity index is 1.73. The number of carbonyl (C=O) groups excluding carboxylic acids is 2. The lowest BCUT2D eigenvalue weighted by Gasteiger charge is -2.19. The Hall–Kier alpha value is -3.20. The molecule has 0 bridgehead atoms. The third-order valence-corrected chi connectivity index (χ3v) is 5.28. The largest absolute Gasteiger partial charge is 0.326 e. The normalized spacial score (nSPS) is 11.2. The number of hydrogen-bond acceptors (Lipinski definition) is 2. The van der Waals surface area contributed by atoms with Crippen molar-refractivity contribution in [3.8, 4) is 0 Å². The maximum Gasteiger partial charge on any atom is 0.228 e. The molecule has 3 rings (SSSR count). The minimum atomic E-state index is -0.0946. The Labute approximate surface area is 179 Å². The molecule has 0 spiro atoms. The molecule has 0 heterocycles. The van der Waals surface area contributed by atoms with Crippen molar-refractivity contribution in [2.75, 3.05) is 5.32 Å². The SMILES string of the molecule is Cc1ccc(C)c(CC(=O)Nc2cccc(C(=O)c3ccc(C(C)(C)C)cc3)c2)c1. The average Bonchev–Trinajstić information content (AvgIpc) is 2.70. The van der Waals surface area contributed by atoms with E-state index in [0.717, 1.165) is 16.7 Å². The predicted octanol–water partition coefficient (Wildman–Crippen LogP) is 6.01. The summed E-state index contributed by atoms with van der Waals surface area (Å²) in [6.07, 6.45) is 0.306. The molecule has 3 aromatic carbocycles. The Kier molecular flexibility index (Phi) is 6.21. The first kappa shape index (κ1) is 21.5. The van der Waals surface area contributed by atoms with Gasteiger partial charge in [0.1, 0.15) is 0 Å². The molecule has 30 heavy (non-hydrogen) atoms. The van der Waals surface area contributed by atoms with Crippen LogP contribution < -0.4 is 5.32 Å². The van der Waals surface area contributed by atoms with Gasteiger partial charge >= 0.3 is 0 Å². The van der Waals surface area contributed by atoms with E-state index in [2.05, 4.69) is 26.1 Å². The van der Waals surface area contributed by atoms with Gasteiger partial charge in [-0.3, -0.25) is 9.59 Å². The highest BCUT2D eigenvalue weighted by atomic mass is 16.1. The minimum Gasteiger partial charge on any atom is -0.326 e. The number of benzene rings is 3. The predicted molar refractivity (Wildman–Crippen MR) is 123 cm³/mol.